The van der Waals surface area contributed by atoms with Crippen molar-refractivity contribution >= 4 is 5.91 Å². The van der Waals surface area contributed by atoms with Crippen molar-refractivity contribution in [3.63, 3.8) is 0 Å². The SMILES string of the molecule is CC1CCCN(C(=O)[C@H](C)O)CC1. The van der Waals surface area contributed by atoms with E-state index < -0.39 is 6.10 Å². The Morgan fingerprint density at radius 2 is 2.15 bits per heavy atom. The van der Waals surface area contributed by atoms with Gasteiger partial charge in [-0.25, -0.2) is 0 Å². The molecule has 1 heterocycles. The van der Waals surface area contributed by atoms with E-state index in [1.165, 1.54) is 13.3 Å². The molecule has 0 aromatic carbocycles. The zero-order valence-corrected chi connectivity index (χ0v) is 8.49. The summed E-state index contributed by atoms with van der Waals surface area (Å²) < 4.78 is 0. The highest BCUT2D eigenvalue weighted by atomic mass is 16.3. The molecule has 1 unspecified atom stereocenters. The lowest BCUT2D eigenvalue weighted by Crippen LogP contribution is -2.38. The van der Waals surface area contributed by atoms with Crippen molar-refractivity contribution in [2.75, 3.05) is 13.1 Å². The maximum atomic E-state index is 11.4. The number of amides is 1. The molecule has 2 atom stereocenters. The average molecular weight is 185 g/mol. The van der Waals surface area contributed by atoms with Crippen LogP contribution in [0, 0.1) is 5.92 Å². The first-order valence-corrected chi connectivity index (χ1v) is 5.08. The van der Waals surface area contributed by atoms with Crippen molar-refractivity contribution < 1.29 is 9.90 Å². The molecular weight excluding hydrogens is 166 g/mol. The second kappa shape index (κ2) is 4.61. The molecule has 0 aromatic heterocycles. The van der Waals surface area contributed by atoms with E-state index >= 15 is 0 Å². The van der Waals surface area contributed by atoms with Crippen LogP contribution in [0.3, 0.4) is 0 Å². The molecule has 1 amide bonds. The number of nitrogens with zero attached hydrogens (tertiary/aromatic N) is 1. The number of hydrogen-bond donors (Lipinski definition) is 1. The number of aliphatic hydroxyl groups excluding tert-OH is 1. The minimum atomic E-state index is -0.839. The molecule has 0 radical (unpaired) electrons. The number of carbonyl (C=O) groups is 1. The van der Waals surface area contributed by atoms with Gasteiger partial charge in [0.25, 0.3) is 5.91 Å². The monoisotopic (exact) mass is 185 g/mol. The summed E-state index contributed by atoms with van der Waals surface area (Å²) in [5.41, 5.74) is 0. The highest BCUT2D eigenvalue weighted by Gasteiger charge is 2.21. The standard InChI is InChI=1S/C10H19NO2/c1-8-4-3-6-11(7-5-8)10(13)9(2)12/h8-9,12H,3-7H2,1-2H3/t8?,9-/m0/s1. The summed E-state index contributed by atoms with van der Waals surface area (Å²) in [4.78, 5) is 13.2. The van der Waals surface area contributed by atoms with E-state index in [2.05, 4.69) is 6.92 Å². The second-order valence-corrected chi connectivity index (χ2v) is 4.04. The van der Waals surface area contributed by atoms with Crippen LogP contribution < -0.4 is 0 Å². The fourth-order valence-electron chi connectivity index (χ4n) is 1.75. The summed E-state index contributed by atoms with van der Waals surface area (Å²) in [7, 11) is 0. The average Bonchev–Trinajstić information content (AvgIpc) is 2.28. The van der Waals surface area contributed by atoms with Gasteiger partial charge in [0.2, 0.25) is 0 Å². The van der Waals surface area contributed by atoms with Gasteiger partial charge in [-0.2, -0.15) is 0 Å². The molecular formula is C10H19NO2. The van der Waals surface area contributed by atoms with E-state index in [0.29, 0.717) is 5.92 Å². The highest BCUT2D eigenvalue weighted by molar-refractivity contribution is 5.80. The summed E-state index contributed by atoms with van der Waals surface area (Å²) in [6.07, 6.45) is 2.50. The van der Waals surface area contributed by atoms with Crippen molar-refractivity contribution in [2.24, 2.45) is 5.92 Å². The minimum absolute atomic E-state index is 0.117. The maximum absolute atomic E-state index is 11.4. The van der Waals surface area contributed by atoms with E-state index in [9.17, 15) is 4.79 Å². The van der Waals surface area contributed by atoms with Gasteiger partial charge in [0, 0.05) is 13.1 Å². The van der Waals surface area contributed by atoms with Crippen LogP contribution >= 0.6 is 0 Å². The predicted molar refractivity (Wildman–Crippen MR) is 51.3 cm³/mol. The molecule has 76 valence electrons. The number of hydrogen-bond acceptors (Lipinski definition) is 2. The van der Waals surface area contributed by atoms with E-state index in [1.54, 1.807) is 4.90 Å². The molecule has 1 N–H and O–H groups in total. The molecule has 1 aliphatic rings. The summed E-state index contributed by atoms with van der Waals surface area (Å²) in [5, 5.41) is 9.14. The van der Waals surface area contributed by atoms with Gasteiger partial charge in [0.15, 0.2) is 0 Å². The lowest BCUT2D eigenvalue weighted by molar-refractivity contribution is -0.139. The van der Waals surface area contributed by atoms with Gasteiger partial charge in [-0.1, -0.05) is 6.92 Å². The van der Waals surface area contributed by atoms with E-state index in [4.69, 9.17) is 5.11 Å². The van der Waals surface area contributed by atoms with Crippen LogP contribution in [0.5, 0.6) is 0 Å². The lowest BCUT2D eigenvalue weighted by atomic mass is 10.0. The topological polar surface area (TPSA) is 40.5 Å². The maximum Gasteiger partial charge on any atom is 0.251 e. The van der Waals surface area contributed by atoms with Crippen LogP contribution in [0.15, 0.2) is 0 Å². The number of aliphatic hydroxyl groups is 1. The molecule has 0 aliphatic carbocycles. The zero-order chi connectivity index (χ0) is 9.84. The first-order valence-electron chi connectivity index (χ1n) is 5.08. The highest BCUT2D eigenvalue weighted by Crippen LogP contribution is 2.16. The Bertz CT molecular complexity index is 180. The van der Waals surface area contributed by atoms with Crippen LogP contribution in [0.1, 0.15) is 33.1 Å². The third-order valence-electron chi connectivity index (χ3n) is 2.69. The Morgan fingerprint density at radius 1 is 1.46 bits per heavy atom. The summed E-state index contributed by atoms with van der Waals surface area (Å²) in [6, 6.07) is 0. The molecule has 1 saturated heterocycles. The molecule has 0 bridgehead atoms. The van der Waals surface area contributed by atoms with Crippen molar-refractivity contribution in [1.29, 1.82) is 0 Å². The number of rotatable bonds is 1. The van der Waals surface area contributed by atoms with Crippen LogP contribution in [-0.4, -0.2) is 35.1 Å². The predicted octanol–water partition coefficient (Wildman–Crippen LogP) is 1.02. The smallest absolute Gasteiger partial charge is 0.251 e. The molecule has 1 fully saturated rings. The number of likely N-dealkylation sites (tertiary alicyclic amines) is 1. The molecule has 1 aliphatic heterocycles. The fourth-order valence-corrected chi connectivity index (χ4v) is 1.75. The van der Waals surface area contributed by atoms with E-state index in [0.717, 1.165) is 25.9 Å². The van der Waals surface area contributed by atoms with Crippen LogP contribution in [-0.2, 0) is 4.79 Å². The first-order chi connectivity index (χ1) is 6.11. The molecule has 0 saturated carbocycles. The van der Waals surface area contributed by atoms with Crippen molar-refractivity contribution in [2.45, 2.75) is 39.2 Å². The first kappa shape index (κ1) is 10.5. The van der Waals surface area contributed by atoms with E-state index in [1.807, 2.05) is 0 Å². The summed E-state index contributed by atoms with van der Waals surface area (Å²) >= 11 is 0. The quantitative estimate of drug-likeness (QED) is 0.662. The van der Waals surface area contributed by atoms with Gasteiger partial charge in [0.05, 0.1) is 0 Å². The van der Waals surface area contributed by atoms with Gasteiger partial charge in [-0.15, -0.1) is 0 Å². The molecule has 13 heavy (non-hydrogen) atoms. The van der Waals surface area contributed by atoms with Gasteiger partial charge < -0.3 is 10.0 Å². The van der Waals surface area contributed by atoms with Gasteiger partial charge in [-0.3, -0.25) is 4.79 Å². The van der Waals surface area contributed by atoms with Crippen LogP contribution in [0.25, 0.3) is 0 Å². The van der Waals surface area contributed by atoms with Crippen molar-refractivity contribution in [1.82, 2.24) is 4.90 Å². The van der Waals surface area contributed by atoms with Gasteiger partial charge >= 0.3 is 0 Å². The number of carbonyl (C=O) groups excluding carboxylic acids is 1. The van der Waals surface area contributed by atoms with Crippen molar-refractivity contribution in [3.05, 3.63) is 0 Å². The fraction of sp³-hybridized carbons (Fsp3) is 0.900. The van der Waals surface area contributed by atoms with Crippen molar-refractivity contribution in [3.8, 4) is 0 Å². The molecule has 3 nitrogen and oxygen atoms in total. The Balaban J connectivity index is 2.46. The molecule has 0 aromatic rings. The minimum Gasteiger partial charge on any atom is -0.384 e. The Hall–Kier alpha value is -0.570. The Kier molecular flexibility index (Phi) is 3.72. The Morgan fingerprint density at radius 3 is 2.77 bits per heavy atom. The lowest BCUT2D eigenvalue weighted by Gasteiger charge is -2.21. The third kappa shape index (κ3) is 2.99. The molecule has 0 spiro atoms. The van der Waals surface area contributed by atoms with Gasteiger partial charge in [0.1, 0.15) is 6.10 Å². The largest absolute Gasteiger partial charge is 0.384 e. The van der Waals surface area contributed by atoms with Crippen LogP contribution in [0.2, 0.25) is 0 Å². The van der Waals surface area contributed by atoms with Crippen LogP contribution in [0.4, 0.5) is 0 Å². The van der Waals surface area contributed by atoms with E-state index in [-0.39, 0.29) is 5.91 Å². The second-order valence-electron chi connectivity index (χ2n) is 4.04. The third-order valence-corrected chi connectivity index (χ3v) is 2.69. The normalized spacial score (nSPS) is 26.7. The zero-order valence-electron chi connectivity index (χ0n) is 8.49. The summed E-state index contributed by atoms with van der Waals surface area (Å²) in [5.74, 6) is 0.598. The van der Waals surface area contributed by atoms with Gasteiger partial charge in [-0.05, 0) is 32.1 Å². The molecule has 1 rings (SSSR count). The Labute approximate surface area is 79.7 Å². The molecule has 3 heteroatoms. The summed E-state index contributed by atoms with van der Waals surface area (Å²) in [6.45, 7) is 5.38.